The van der Waals surface area contributed by atoms with Gasteiger partial charge in [-0.25, -0.2) is 0 Å². The van der Waals surface area contributed by atoms with E-state index in [0.29, 0.717) is 18.4 Å². The average molecular weight is 256 g/mol. The van der Waals surface area contributed by atoms with E-state index in [4.69, 9.17) is 4.74 Å². The minimum absolute atomic E-state index is 0.0181. The van der Waals surface area contributed by atoms with Gasteiger partial charge in [-0.15, -0.1) is 0 Å². The molecule has 1 fully saturated rings. The summed E-state index contributed by atoms with van der Waals surface area (Å²) in [6, 6.07) is 0. The highest BCUT2D eigenvalue weighted by Gasteiger charge is 2.17. The molecule has 1 amide bonds. The SMILES string of the molecule is CC(C)CCNC(=O)C(C)OCC1CCNCC1. The number of hydrogen-bond acceptors (Lipinski definition) is 3. The van der Waals surface area contributed by atoms with Gasteiger partial charge in [-0.3, -0.25) is 4.79 Å². The van der Waals surface area contributed by atoms with Crippen LogP contribution < -0.4 is 10.6 Å². The van der Waals surface area contributed by atoms with Gasteiger partial charge in [-0.2, -0.15) is 0 Å². The fourth-order valence-corrected chi connectivity index (χ4v) is 2.03. The van der Waals surface area contributed by atoms with E-state index >= 15 is 0 Å². The van der Waals surface area contributed by atoms with Crippen molar-refractivity contribution in [2.24, 2.45) is 11.8 Å². The predicted molar refractivity (Wildman–Crippen MR) is 73.5 cm³/mol. The number of ether oxygens (including phenoxy) is 1. The van der Waals surface area contributed by atoms with Crippen molar-refractivity contribution in [1.82, 2.24) is 10.6 Å². The van der Waals surface area contributed by atoms with Crippen molar-refractivity contribution >= 4 is 5.91 Å². The van der Waals surface area contributed by atoms with Crippen LogP contribution >= 0.6 is 0 Å². The van der Waals surface area contributed by atoms with Crippen LogP contribution in [0, 0.1) is 11.8 Å². The number of amides is 1. The third kappa shape index (κ3) is 6.36. The van der Waals surface area contributed by atoms with Crippen LogP contribution in [-0.4, -0.2) is 38.3 Å². The third-order valence-corrected chi connectivity index (χ3v) is 3.43. The summed E-state index contributed by atoms with van der Waals surface area (Å²) in [4.78, 5) is 11.7. The van der Waals surface area contributed by atoms with E-state index in [0.717, 1.165) is 38.9 Å². The van der Waals surface area contributed by atoms with Gasteiger partial charge in [-0.05, 0) is 51.1 Å². The molecule has 4 heteroatoms. The standard InChI is InChI=1S/C14H28N2O2/c1-11(2)4-9-16-14(17)12(3)18-10-13-5-7-15-8-6-13/h11-13,15H,4-10H2,1-3H3,(H,16,17). The molecule has 2 N–H and O–H groups in total. The summed E-state index contributed by atoms with van der Waals surface area (Å²) >= 11 is 0. The maximum absolute atomic E-state index is 11.7. The van der Waals surface area contributed by atoms with Gasteiger partial charge in [0, 0.05) is 6.54 Å². The smallest absolute Gasteiger partial charge is 0.248 e. The maximum Gasteiger partial charge on any atom is 0.248 e. The quantitative estimate of drug-likeness (QED) is 0.726. The molecular formula is C14H28N2O2. The molecule has 1 aliphatic heterocycles. The van der Waals surface area contributed by atoms with Crippen LogP contribution in [0.3, 0.4) is 0 Å². The molecule has 0 aromatic heterocycles. The number of carbonyl (C=O) groups is 1. The normalized spacial score (nSPS) is 18.9. The van der Waals surface area contributed by atoms with Crippen LogP contribution in [-0.2, 0) is 9.53 Å². The van der Waals surface area contributed by atoms with Gasteiger partial charge in [0.2, 0.25) is 5.91 Å². The molecule has 106 valence electrons. The Morgan fingerprint density at radius 1 is 1.33 bits per heavy atom. The second kappa shape index (κ2) is 8.48. The number of nitrogens with one attached hydrogen (secondary N) is 2. The molecule has 0 aliphatic carbocycles. The molecule has 0 bridgehead atoms. The zero-order valence-electron chi connectivity index (χ0n) is 12.0. The summed E-state index contributed by atoms with van der Waals surface area (Å²) in [6.45, 7) is 9.75. The Labute approximate surface area is 111 Å². The van der Waals surface area contributed by atoms with Gasteiger partial charge in [0.25, 0.3) is 0 Å². The molecule has 1 rings (SSSR count). The van der Waals surface area contributed by atoms with Crippen LogP contribution in [0.2, 0.25) is 0 Å². The number of carbonyl (C=O) groups excluding carboxylic acids is 1. The maximum atomic E-state index is 11.7. The van der Waals surface area contributed by atoms with E-state index in [1.165, 1.54) is 0 Å². The monoisotopic (exact) mass is 256 g/mol. The Morgan fingerprint density at radius 3 is 2.61 bits per heavy atom. The minimum atomic E-state index is -0.327. The molecule has 0 spiro atoms. The Bertz CT molecular complexity index is 238. The topological polar surface area (TPSA) is 50.4 Å². The molecule has 1 atom stereocenters. The lowest BCUT2D eigenvalue weighted by Crippen LogP contribution is -2.37. The second-order valence-electron chi connectivity index (χ2n) is 5.64. The molecule has 1 aliphatic rings. The van der Waals surface area contributed by atoms with Crippen LogP contribution in [0.4, 0.5) is 0 Å². The molecule has 1 heterocycles. The number of piperidine rings is 1. The van der Waals surface area contributed by atoms with Crippen molar-refractivity contribution in [3.8, 4) is 0 Å². The van der Waals surface area contributed by atoms with Crippen molar-refractivity contribution in [3.05, 3.63) is 0 Å². The molecule has 0 radical (unpaired) electrons. The minimum Gasteiger partial charge on any atom is -0.368 e. The molecule has 18 heavy (non-hydrogen) atoms. The van der Waals surface area contributed by atoms with Crippen LogP contribution in [0.5, 0.6) is 0 Å². The zero-order chi connectivity index (χ0) is 13.4. The van der Waals surface area contributed by atoms with Gasteiger partial charge >= 0.3 is 0 Å². The fraction of sp³-hybridized carbons (Fsp3) is 0.929. The summed E-state index contributed by atoms with van der Waals surface area (Å²) in [5.74, 6) is 1.25. The van der Waals surface area contributed by atoms with E-state index in [-0.39, 0.29) is 12.0 Å². The van der Waals surface area contributed by atoms with Gasteiger partial charge in [0.1, 0.15) is 6.10 Å². The van der Waals surface area contributed by atoms with Gasteiger partial charge in [-0.1, -0.05) is 13.8 Å². The second-order valence-corrected chi connectivity index (χ2v) is 5.64. The van der Waals surface area contributed by atoms with E-state index in [9.17, 15) is 4.79 Å². The van der Waals surface area contributed by atoms with Crippen LogP contribution in [0.15, 0.2) is 0 Å². The average Bonchev–Trinajstić information content (AvgIpc) is 2.36. The molecule has 0 aromatic carbocycles. The summed E-state index contributed by atoms with van der Waals surface area (Å²) in [5, 5.41) is 6.25. The summed E-state index contributed by atoms with van der Waals surface area (Å²) in [7, 11) is 0. The van der Waals surface area contributed by atoms with Crippen molar-refractivity contribution < 1.29 is 9.53 Å². The van der Waals surface area contributed by atoms with Crippen LogP contribution in [0.1, 0.15) is 40.0 Å². The van der Waals surface area contributed by atoms with E-state index < -0.39 is 0 Å². The molecule has 1 saturated heterocycles. The first-order chi connectivity index (χ1) is 8.59. The van der Waals surface area contributed by atoms with Crippen molar-refractivity contribution in [1.29, 1.82) is 0 Å². The largest absolute Gasteiger partial charge is 0.368 e. The molecular weight excluding hydrogens is 228 g/mol. The Kier molecular flexibility index (Phi) is 7.28. The highest BCUT2D eigenvalue weighted by Crippen LogP contribution is 2.12. The molecule has 0 aromatic rings. The molecule has 4 nitrogen and oxygen atoms in total. The summed E-state index contributed by atoms with van der Waals surface area (Å²) < 4.78 is 5.66. The fourth-order valence-electron chi connectivity index (χ4n) is 2.03. The van der Waals surface area contributed by atoms with E-state index in [1.54, 1.807) is 0 Å². The first-order valence-electron chi connectivity index (χ1n) is 7.19. The molecule has 1 unspecified atom stereocenters. The first kappa shape index (κ1) is 15.4. The van der Waals surface area contributed by atoms with E-state index in [2.05, 4.69) is 24.5 Å². The lowest BCUT2D eigenvalue weighted by atomic mass is 9.99. The number of hydrogen-bond donors (Lipinski definition) is 2. The van der Waals surface area contributed by atoms with Gasteiger partial charge in [0.05, 0.1) is 6.61 Å². The highest BCUT2D eigenvalue weighted by molar-refractivity contribution is 5.80. The summed E-state index contributed by atoms with van der Waals surface area (Å²) in [6.07, 6.45) is 3.00. The first-order valence-corrected chi connectivity index (χ1v) is 7.19. The third-order valence-electron chi connectivity index (χ3n) is 3.43. The lowest BCUT2D eigenvalue weighted by Gasteiger charge is -2.24. The predicted octanol–water partition coefficient (Wildman–Crippen LogP) is 1.55. The summed E-state index contributed by atoms with van der Waals surface area (Å²) in [5.41, 5.74) is 0. The van der Waals surface area contributed by atoms with Crippen molar-refractivity contribution in [2.75, 3.05) is 26.2 Å². The van der Waals surface area contributed by atoms with Crippen molar-refractivity contribution in [2.45, 2.75) is 46.1 Å². The lowest BCUT2D eigenvalue weighted by molar-refractivity contribution is -0.132. The molecule has 0 saturated carbocycles. The number of rotatable bonds is 7. The Morgan fingerprint density at radius 2 is 2.00 bits per heavy atom. The van der Waals surface area contributed by atoms with Crippen LogP contribution in [0.25, 0.3) is 0 Å². The zero-order valence-corrected chi connectivity index (χ0v) is 12.0. The Hall–Kier alpha value is -0.610. The van der Waals surface area contributed by atoms with E-state index in [1.807, 2.05) is 6.92 Å². The van der Waals surface area contributed by atoms with Gasteiger partial charge in [0.15, 0.2) is 0 Å². The highest BCUT2D eigenvalue weighted by atomic mass is 16.5. The van der Waals surface area contributed by atoms with Gasteiger partial charge < -0.3 is 15.4 Å². The van der Waals surface area contributed by atoms with Crippen molar-refractivity contribution in [3.63, 3.8) is 0 Å². The Balaban J connectivity index is 2.10.